The van der Waals surface area contributed by atoms with E-state index in [9.17, 15) is 4.79 Å². The summed E-state index contributed by atoms with van der Waals surface area (Å²) in [5.74, 6) is -0.513. The Balaban J connectivity index is 2.54. The van der Waals surface area contributed by atoms with Crippen LogP contribution in [0, 0.1) is 0 Å². The van der Waals surface area contributed by atoms with Crippen LogP contribution in [0.3, 0.4) is 0 Å². The van der Waals surface area contributed by atoms with Gasteiger partial charge in [0.05, 0.1) is 0 Å². The second kappa shape index (κ2) is 3.06. The first-order valence-electron chi connectivity index (χ1n) is 4.21. The fourth-order valence-corrected chi connectivity index (χ4v) is 1.42. The number of hydrogen-bond acceptors (Lipinski definition) is 3. The van der Waals surface area contributed by atoms with E-state index in [0.717, 1.165) is 5.56 Å². The maximum atomic E-state index is 11.3. The Morgan fingerprint density at radius 1 is 1.29 bits per heavy atom. The number of benzene rings is 1. The molecule has 2 rings (SSSR count). The largest absolute Gasteiger partial charge is 0.367 e. The van der Waals surface area contributed by atoms with Crippen molar-refractivity contribution >= 4 is 5.91 Å². The molecule has 0 spiro atoms. The zero-order valence-corrected chi connectivity index (χ0v) is 7.42. The smallest absolute Gasteiger partial charge is 0.256 e. The molecule has 0 aliphatic carbocycles. The number of carbonyl (C=O) groups excluding carboxylic acids is 1. The molecule has 4 nitrogen and oxygen atoms in total. The van der Waals surface area contributed by atoms with E-state index in [4.69, 9.17) is 5.73 Å². The minimum atomic E-state index is -1.10. The van der Waals surface area contributed by atoms with Crippen LogP contribution in [0.4, 0.5) is 0 Å². The van der Waals surface area contributed by atoms with E-state index in [1.165, 1.54) is 6.20 Å². The normalized spacial score (nSPS) is 24.0. The van der Waals surface area contributed by atoms with Crippen LogP contribution in [-0.2, 0) is 10.3 Å². The van der Waals surface area contributed by atoms with Crippen molar-refractivity contribution < 1.29 is 4.79 Å². The van der Waals surface area contributed by atoms with Gasteiger partial charge in [-0.2, -0.15) is 10.2 Å². The SMILES string of the molecule is NC(=O)C1(c2ccccc2)C=CN=N1. The fraction of sp³-hybridized carbons (Fsp3) is 0.100. The number of primary amides is 1. The summed E-state index contributed by atoms with van der Waals surface area (Å²) in [5.41, 5.74) is 4.97. The summed E-state index contributed by atoms with van der Waals surface area (Å²) in [4.78, 5) is 11.3. The Hall–Kier alpha value is -1.97. The molecular formula is C10H9N3O. The van der Waals surface area contributed by atoms with Gasteiger partial charge in [0.25, 0.3) is 5.91 Å². The lowest BCUT2D eigenvalue weighted by Gasteiger charge is -2.18. The van der Waals surface area contributed by atoms with Gasteiger partial charge in [-0.15, -0.1) is 0 Å². The summed E-state index contributed by atoms with van der Waals surface area (Å²) < 4.78 is 0. The molecule has 1 atom stereocenters. The van der Waals surface area contributed by atoms with E-state index in [1.807, 2.05) is 18.2 Å². The van der Waals surface area contributed by atoms with E-state index >= 15 is 0 Å². The molecule has 70 valence electrons. The molecule has 1 aromatic rings. The highest BCUT2D eigenvalue weighted by molar-refractivity contribution is 5.89. The average molecular weight is 187 g/mol. The van der Waals surface area contributed by atoms with Crippen molar-refractivity contribution in [3.63, 3.8) is 0 Å². The van der Waals surface area contributed by atoms with Crippen molar-refractivity contribution in [3.8, 4) is 0 Å². The van der Waals surface area contributed by atoms with Crippen LogP contribution >= 0.6 is 0 Å². The molecule has 1 unspecified atom stereocenters. The molecule has 0 aromatic heterocycles. The van der Waals surface area contributed by atoms with Gasteiger partial charge in [-0.1, -0.05) is 30.3 Å². The molecule has 0 fully saturated rings. The second-order valence-corrected chi connectivity index (χ2v) is 3.03. The quantitative estimate of drug-likeness (QED) is 0.745. The summed E-state index contributed by atoms with van der Waals surface area (Å²) in [6.07, 6.45) is 3.09. The van der Waals surface area contributed by atoms with E-state index < -0.39 is 11.4 Å². The number of nitrogens with two attached hydrogens (primary N) is 1. The molecule has 1 aliphatic heterocycles. The lowest BCUT2D eigenvalue weighted by atomic mass is 9.90. The van der Waals surface area contributed by atoms with Crippen LogP contribution < -0.4 is 5.73 Å². The highest BCUT2D eigenvalue weighted by atomic mass is 16.1. The number of azo groups is 1. The molecule has 0 bridgehead atoms. The lowest BCUT2D eigenvalue weighted by Crippen LogP contribution is -2.36. The predicted octanol–water partition coefficient (Wildman–Crippen LogP) is 1.35. The molecule has 0 saturated carbocycles. The maximum absolute atomic E-state index is 11.3. The van der Waals surface area contributed by atoms with Gasteiger partial charge in [0.1, 0.15) is 0 Å². The Morgan fingerprint density at radius 2 is 2.00 bits per heavy atom. The van der Waals surface area contributed by atoms with Crippen molar-refractivity contribution in [1.82, 2.24) is 0 Å². The topological polar surface area (TPSA) is 67.8 Å². The van der Waals surface area contributed by atoms with E-state index in [-0.39, 0.29) is 0 Å². The molecule has 1 aromatic carbocycles. The summed E-state index contributed by atoms with van der Waals surface area (Å²) >= 11 is 0. The number of rotatable bonds is 2. The van der Waals surface area contributed by atoms with Crippen LogP contribution in [0.1, 0.15) is 5.56 Å². The summed E-state index contributed by atoms with van der Waals surface area (Å²) in [7, 11) is 0. The third-order valence-corrected chi connectivity index (χ3v) is 2.19. The van der Waals surface area contributed by atoms with Crippen molar-refractivity contribution in [1.29, 1.82) is 0 Å². The summed E-state index contributed by atoms with van der Waals surface area (Å²) in [6.45, 7) is 0. The number of carbonyl (C=O) groups is 1. The van der Waals surface area contributed by atoms with Gasteiger partial charge < -0.3 is 5.73 Å². The molecule has 2 N–H and O–H groups in total. The molecule has 0 saturated heterocycles. The predicted molar refractivity (Wildman–Crippen MR) is 51.3 cm³/mol. The van der Waals surface area contributed by atoms with Crippen LogP contribution in [-0.4, -0.2) is 5.91 Å². The highest BCUT2D eigenvalue weighted by Crippen LogP contribution is 2.30. The van der Waals surface area contributed by atoms with Gasteiger partial charge in [-0.3, -0.25) is 4.79 Å². The molecule has 1 heterocycles. The van der Waals surface area contributed by atoms with Gasteiger partial charge in [0.2, 0.25) is 5.54 Å². The third kappa shape index (κ3) is 1.12. The van der Waals surface area contributed by atoms with Gasteiger partial charge in [0, 0.05) is 6.20 Å². The minimum Gasteiger partial charge on any atom is -0.367 e. The van der Waals surface area contributed by atoms with Gasteiger partial charge in [-0.05, 0) is 11.6 Å². The zero-order valence-electron chi connectivity index (χ0n) is 7.42. The lowest BCUT2D eigenvalue weighted by molar-refractivity contribution is -0.121. The first-order chi connectivity index (χ1) is 6.76. The van der Waals surface area contributed by atoms with Crippen molar-refractivity contribution in [3.05, 3.63) is 48.2 Å². The van der Waals surface area contributed by atoms with Crippen LogP contribution in [0.15, 0.2) is 52.8 Å². The zero-order chi connectivity index (χ0) is 10.0. The first-order valence-corrected chi connectivity index (χ1v) is 4.21. The van der Waals surface area contributed by atoms with E-state index in [0.29, 0.717) is 0 Å². The van der Waals surface area contributed by atoms with Crippen LogP contribution in [0.25, 0.3) is 0 Å². The van der Waals surface area contributed by atoms with Crippen molar-refractivity contribution in [2.75, 3.05) is 0 Å². The Kier molecular flexibility index (Phi) is 1.89. The van der Waals surface area contributed by atoms with Gasteiger partial charge >= 0.3 is 0 Å². The molecule has 14 heavy (non-hydrogen) atoms. The maximum Gasteiger partial charge on any atom is 0.256 e. The minimum absolute atomic E-state index is 0.513. The monoisotopic (exact) mass is 187 g/mol. The average Bonchev–Trinajstić information content (AvgIpc) is 2.69. The van der Waals surface area contributed by atoms with Gasteiger partial charge in [-0.25, -0.2) is 0 Å². The summed E-state index contributed by atoms with van der Waals surface area (Å²) in [5, 5.41) is 7.55. The molecule has 4 heteroatoms. The van der Waals surface area contributed by atoms with Crippen LogP contribution in [0.2, 0.25) is 0 Å². The number of amides is 1. The fourth-order valence-electron chi connectivity index (χ4n) is 1.42. The van der Waals surface area contributed by atoms with E-state index in [2.05, 4.69) is 10.2 Å². The Labute approximate surface area is 81.1 Å². The molecule has 1 amide bonds. The Morgan fingerprint density at radius 3 is 2.50 bits per heavy atom. The highest BCUT2D eigenvalue weighted by Gasteiger charge is 2.38. The summed E-state index contributed by atoms with van der Waals surface area (Å²) in [6, 6.07) is 9.15. The van der Waals surface area contributed by atoms with Crippen molar-refractivity contribution in [2.24, 2.45) is 16.0 Å². The molecular weight excluding hydrogens is 178 g/mol. The number of hydrogen-bond donors (Lipinski definition) is 1. The van der Waals surface area contributed by atoms with Crippen molar-refractivity contribution in [2.45, 2.75) is 5.54 Å². The van der Waals surface area contributed by atoms with E-state index in [1.54, 1.807) is 18.2 Å². The Bertz CT molecular complexity index is 397. The van der Waals surface area contributed by atoms with Gasteiger partial charge in [0.15, 0.2) is 0 Å². The second-order valence-electron chi connectivity index (χ2n) is 3.03. The molecule has 0 radical (unpaired) electrons. The first kappa shape index (κ1) is 8.62. The standard InChI is InChI=1S/C10H9N3O/c11-9(14)10(6-7-12-13-10)8-4-2-1-3-5-8/h1-7H,(H2,11,14). The molecule has 1 aliphatic rings. The third-order valence-electron chi connectivity index (χ3n) is 2.19. The number of nitrogens with zero attached hydrogens (tertiary/aromatic N) is 2. The van der Waals surface area contributed by atoms with Crippen LogP contribution in [0.5, 0.6) is 0 Å².